The van der Waals surface area contributed by atoms with E-state index < -0.39 is 0 Å². The molecule has 3 aromatic heterocycles. The summed E-state index contributed by atoms with van der Waals surface area (Å²) in [6, 6.07) is 3.38. The van der Waals surface area contributed by atoms with Crippen molar-refractivity contribution in [1.29, 1.82) is 0 Å². The van der Waals surface area contributed by atoms with Gasteiger partial charge in [0.25, 0.3) is 5.56 Å². The number of thiophene rings is 1. The SMILES string of the molecule is O=c1c2c3c(sc2nc([S-])n1-c1ccc(Cl)cn1)CCCC3.[K]. The van der Waals surface area contributed by atoms with E-state index in [0.717, 1.165) is 29.7 Å². The zero-order valence-electron chi connectivity index (χ0n) is 12.5. The molecule has 0 saturated heterocycles. The van der Waals surface area contributed by atoms with Crippen LogP contribution < -0.4 is 5.56 Å². The van der Waals surface area contributed by atoms with E-state index in [1.807, 2.05) is 0 Å². The summed E-state index contributed by atoms with van der Waals surface area (Å²) in [5.74, 6) is 0.463. The minimum atomic E-state index is -0.121. The first kappa shape index (κ1) is 17.9. The van der Waals surface area contributed by atoms with Gasteiger partial charge in [-0.25, -0.2) is 9.97 Å². The van der Waals surface area contributed by atoms with Crippen LogP contribution in [0.5, 0.6) is 0 Å². The van der Waals surface area contributed by atoms with Gasteiger partial charge in [-0.05, 0) is 48.5 Å². The van der Waals surface area contributed by atoms with Gasteiger partial charge in [0.05, 0.1) is 10.4 Å². The molecule has 0 unspecified atom stereocenters. The molecule has 0 N–H and O–H groups in total. The van der Waals surface area contributed by atoms with Crippen molar-refractivity contribution in [3.63, 3.8) is 0 Å². The first-order valence-electron chi connectivity index (χ1n) is 7.01. The van der Waals surface area contributed by atoms with Gasteiger partial charge in [-0.15, -0.1) is 11.3 Å². The number of aryl methyl sites for hydroxylation is 2. The maximum Gasteiger partial charge on any atom is 0.266 e. The fourth-order valence-electron chi connectivity index (χ4n) is 2.89. The standard InChI is InChI=1S/C15H12ClN3OS2.K/c16-8-5-6-11(17-7-8)19-14(20)12-9-3-1-2-4-10(9)22-13(12)18-15(19)21;/h5-7H,1-4H2,(H,18,21);/p-1. The molecule has 0 aliphatic heterocycles. The monoisotopic (exact) mass is 387 g/mol. The molecular weight excluding hydrogens is 377 g/mol. The first-order valence-corrected chi connectivity index (χ1v) is 8.61. The van der Waals surface area contributed by atoms with Crippen LogP contribution in [0.15, 0.2) is 28.3 Å². The number of nitrogens with zero attached hydrogens (tertiary/aromatic N) is 3. The van der Waals surface area contributed by atoms with Crippen molar-refractivity contribution in [2.75, 3.05) is 0 Å². The molecule has 0 amide bonds. The van der Waals surface area contributed by atoms with Crippen LogP contribution in [0.3, 0.4) is 0 Å². The van der Waals surface area contributed by atoms with E-state index in [2.05, 4.69) is 9.97 Å². The van der Waals surface area contributed by atoms with Gasteiger partial charge in [-0.2, -0.15) is 0 Å². The Morgan fingerprint density at radius 1 is 1.26 bits per heavy atom. The molecule has 1 aliphatic rings. The van der Waals surface area contributed by atoms with Crippen LogP contribution in [0.2, 0.25) is 5.02 Å². The number of halogens is 1. The number of aromatic nitrogens is 3. The Morgan fingerprint density at radius 3 is 2.78 bits per heavy atom. The molecular formula is C15H11ClKN3OS2-. The van der Waals surface area contributed by atoms with Gasteiger partial charge < -0.3 is 12.6 Å². The molecule has 0 bridgehead atoms. The summed E-state index contributed by atoms with van der Waals surface area (Å²) in [7, 11) is 0. The number of rotatable bonds is 1. The van der Waals surface area contributed by atoms with Crippen molar-refractivity contribution in [3.8, 4) is 5.82 Å². The average Bonchev–Trinajstić information content (AvgIpc) is 2.87. The largest absolute Gasteiger partial charge is 0.742 e. The van der Waals surface area contributed by atoms with Crippen LogP contribution in [-0.4, -0.2) is 65.9 Å². The summed E-state index contributed by atoms with van der Waals surface area (Å²) in [6.07, 6.45) is 5.77. The van der Waals surface area contributed by atoms with Gasteiger partial charge in [0.15, 0.2) is 0 Å². The molecule has 4 nitrogen and oxygen atoms in total. The van der Waals surface area contributed by atoms with E-state index in [0.29, 0.717) is 16.2 Å². The Bertz CT molecular complexity index is 937. The molecule has 8 heteroatoms. The van der Waals surface area contributed by atoms with Crippen molar-refractivity contribution in [3.05, 3.63) is 44.1 Å². The predicted molar refractivity (Wildman–Crippen MR) is 96.0 cm³/mol. The zero-order chi connectivity index (χ0) is 15.3. The molecule has 4 rings (SSSR count). The van der Waals surface area contributed by atoms with E-state index in [9.17, 15) is 4.79 Å². The molecule has 0 atom stereocenters. The normalized spacial score (nSPS) is 13.6. The first-order chi connectivity index (χ1) is 10.6. The number of hydrogen-bond donors (Lipinski definition) is 0. The third-order valence-corrected chi connectivity index (χ3v) is 5.58. The number of fused-ring (bicyclic) bond motifs is 3. The minimum Gasteiger partial charge on any atom is -0.742 e. The second kappa shape index (κ2) is 7.17. The molecule has 0 aromatic carbocycles. The second-order valence-corrected chi connectivity index (χ2v) is 7.15. The summed E-state index contributed by atoms with van der Waals surface area (Å²) in [4.78, 5) is 23.7. The average molecular weight is 388 g/mol. The third-order valence-electron chi connectivity index (χ3n) is 3.90. The summed E-state index contributed by atoms with van der Waals surface area (Å²) < 4.78 is 1.40. The van der Waals surface area contributed by atoms with Gasteiger partial charge in [-0.1, -0.05) is 11.6 Å². The third kappa shape index (κ3) is 3.18. The Labute approximate surface area is 190 Å². The molecule has 1 aliphatic carbocycles. The van der Waals surface area contributed by atoms with Crippen LogP contribution in [0.25, 0.3) is 16.0 Å². The van der Waals surface area contributed by atoms with E-state index in [1.165, 1.54) is 22.1 Å². The summed E-state index contributed by atoms with van der Waals surface area (Å²) in [5.41, 5.74) is 1.03. The van der Waals surface area contributed by atoms with Crippen molar-refractivity contribution < 1.29 is 0 Å². The van der Waals surface area contributed by atoms with Crippen LogP contribution in [-0.2, 0) is 25.5 Å². The molecule has 0 saturated carbocycles. The van der Waals surface area contributed by atoms with Crippen molar-refractivity contribution in [1.82, 2.24) is 14.5 Å². The molecule has 3 aromatic rings. The van der Waals surface area contributed by atoms with Crippen LogP contribution in [0.4, 0.5) is 0 Å². The fourth-order valence-corrected chi connectivity index (χ4v) is 4.58. The Kier molecular flexibility index (Phi) is 5.59. The van der Waals surface area contributed by atoms with Gasteiger partial charge in [0.2, 0.25) is 0 Å². The molecule has 113 valence electrons. The molecule has 1 radical (unpaired) electrons. The maximum atomic E-state index is 13.0. The summed E-state index contributed by atoms with van der Waals surface area (Å²) in [5, 5.41) is 1.47. The number of hydrogen-bond acceptors (Lipinski definition) is 5. The zero-order valence-corrected chi connectivity index (χ0v) is 18.0. The maximum absolute atomic E-state index is 13.0. The fraction of sp³-hybridized carbons (Fsp3) is 0.267. The Morgan fingerprint density at radius 2 is 2.04 bits per heavy atom. The van der Waals surface area contributed by atoms with Crippen molar-refractivity contribution in [2.24, 2.45) is 0 Å². The van der Waals surface area contributed by atoms with Gasteiger partial charge in [-0.3, -0.25) is 9.36 Å². The van der Waals surface area contributed by atoms with Crippen molar-refractivity contribution >= 4 is 97.2 Å². The topological polar surface area (TPSA) is 47.8 Å². The second-order valence-electron chi connectivity index (χ2n) is 5.26. The quantitative estimate of drug-likeness (QED) is 0.366. The summed E-state index contributed by atoms with van der Waals surface area (Å²) >= 11 is 12.8. The minimum absolute atomic E-state index is 0. The Balaban J connectivity index is 0.00000156. The summed E-state index contributed by atoms with van der Waals surface area (Å²) in [6.45, 7) is 0. The van der Waals surface area contributed by atoms with Crippen molar-refractivity contribution in [2.45, 2.75) is 30.8 Å². The van der Waals surface area contributed by atoms with E-state index >= 15 is 0 Å². The van der Waals surface area contributed by atoms with E-state index in [-0.39, 0.29) is 62.1 Å². The predicted octanol–water partition coefficient (Wildman–Crippen LogP) is 2.90. The molecule has 0 fully saturated rings. The Hall–Kier alpha value is 0.136. The van der Waals surface area contributed by atoms with E-state index in [4.69, 9.17) is 24.2 Å². The van der Waals surface area contributed by atoms with E-state index in [1.54, 1.807) is 23.5 Å². The molecule has 3 heterocycles. The van der Waals surface area contributed by atoms with Gasteiger partial charge in [0.1, 0.15) is 10.6 Å². The smallest absolute Gasteiger partial charge is 0.266 e. The van der Waals surface area contributed by atoms with Crippen LogP contribution in [0, 0.1) is 0 Å². The van der Waals surface area contributed by atoms with Gasteiger partial charge >= 0.3 is 0 Å². The number of pyridine rings is 1. The molecule has 0 spiro atoms. The molecule has 23 heavy (non-hydrogen) atoms. The van der Waals surface area contributed by atoms with Crippen LogP contribution >= 0.6 is 22.9 Å². The van der Waals surface area contributed by atoms with Gasteiger partial charge in [0, 0.05) is 62.5 Å². The van der Waals surface area contributed by atoms with Crippen LogP contribution in [0.1, 0.15) is 23.3 Å².